The Morgan fingerprint density at radius 3 is 2.50 bits per heavy atom. The summed E-state index contributed by atoms with van der Waals surface area (Å²) in [6, 6.07) is 2.30. The van der Waals surface area contributed by atoms with Crippen molar-refractivity contribution < 1.29 is 14.1 Å². The van der Waals surface area contributed by atoms with E-state index in [1.165, 1.54) is 13.2 Å². The molecule has 0 saturated heterocycles. The summed E-state index contributed by atoms with van der Waals surface area (Å²) in [6.07, 6.45) is 1.93. The summed E-state index contributed by atoms with van der Waals surface area (Å²) in [7, 11) is 1.33. The average molecular weight is 284 g/mol. The summed E-state index contributed by atoms with van der Waals surface area (Å²) in [6.45, 7) is 6.21. The van der Waals surface area contributed by atoms with E-state index < -0.39 is 10.7 Å². The summed E-state index contributed by atoms with van der Waals surface area (Å²) in [4.78, 5) is 10.1. The van der Waals surface area contributed by atoms with Crippen molar-refractivity contribution in [3.8, 4) is 5.75 Å². The zero-order valence-corrected chi connectivity index (χ0v) is 12.3. The Kier molecular flexibility index (Phi) is 5.73. The second kappa shape index (κ2) is 7.07. The molecule has 1 aromatic rings. The van der Waals surface area contributed by atoms with Crippen LogP contribution in [-0.2, 0) is 0 Å². The lowest BCUT2D eigenvalue weighted by Gasteiger charge is -2.17. The number of methoxy groups -OCH3 is 1. The van der Waals surface area contributed by atoms with Gasteiger partial charge in [-0.3, -0.25) is 10.1 Å². The van der Waals surface area contributed by atoms with Crippen molar-refractivity contribution in [2.45, 2.75) is 39.7 Å². The van der Waals surface area contributed by atoms with Crippen LogP contribution < -0.4 is 10.1 Å². The van der Waals surface area contributed by atoms with Gasteiger partial charge in [-0.1, -0.05) is 13.8 Å². The van der Waals surface area contributed by atoms with Crippen molar-refractivity contribution in [1.82, 2.24) is 0 Å². The maximum absolute atomic E-state index is 13.9. The van der Waals surface area contributed by atoms with Crippen LogP contribution in [0.2, 0.25) is 0 Å². The Morgan fingerprint density at radius 1 is 1.35 bits per heavy atom. The molecule has 0 bridgehead atoms. The first-order valence-corrected chi connectivity index (χ1v) is 6.63. The van der Waals surface area contributed by atoms with Gasteiger partial charge in [0.05, 0.1) is 23.8 Å². The Labute approximate surface area is 118 Å². The lowest BCUT2D eigenvalue weighted by molar-refractivity contribution is -0.385. The minimum Gasteiger partial charge on any atom is -0.490 e. The van der Waals surface area contributed by atoms with Gasteiger partial charge in [0.15, 0.2) is 11.6 Å². The number of halogens is 1. The second-order valence-electron chi connectivity index (χ2n) is 5.28. The average Bonchev–Trinajstić information content (AvgIpc) is 2.38. The van der Waals surface area contributed by atoms with Crippen LogP contribution in [0.4, 0.5) is 15.8 Å². The van der Waals surface area contributed by atoms with Crippen molar-refractivity contribution in [3.63, 3.8) is 0 Å². The van der Waals surface area contributed by atoms with E-state index in [0.717, 1.165) is 18.9 Å². The number of ether oxygens (including phenoxy) is 1. The fourth-order valence-electron chi connectivity index (χ4n) is 1.88. The molecule has 1 unspecified atom stereocenters. The normalized spacial score (nSPS) is 12.3. The topological polar surface area (TPSA) is 64.4 Å². The van der Waals surface area contributed by atoms with Gasteiger partial charge < -0.3 is 10.1 Å². The first-order chi connectivity index (χ1) is 9.35. The Hall–Kier alpha value is -1.85. The van der Waals surface area contributed by atoms with E-state index in [1.807, 2.05) is 6.92 Å². The van der Waals surface area contributed by atoms with Crippen LogP contribution in [0.5, 0.6) is 5.75 Å². The molecule has 1 rings (SSSR count). The molecule has 1 aromatic carbocycles. The van der Waals surface area contributed by atoms with E-state index in [0.29, 0.717) is 5.92 Å². The third kappa shape index (κ3) is 4.36. The number of hydrogen-bond acceptors (Lipinski definition) is 4. The SMILES string of the molecule is COc1cc(NC(C)CCC(C)C)c(F)cc1[N+](=O)[O-]. The minimum absolute atomic E-state index is 0.0509. The maximum Gasteiger partial charge on any atom is 0.313 e. The number of rotatable bonds is 7. The molecule has 0 spiro atoms. The number of nitro benzene ring substituents is 1. The maximum atomic E-state index is 13.9. The Bertz CT molecular complexity index is 478. The smallest absolute Gasteiger partial charge is 0.313 e. The Morgan fingerprint density at radius 2 is 2.00 bits per heavy atom. The van der Waals surface area contributed by atoms with Crippen molar-refractivity contribution in [1.29, 1.82) is 0 Å². The number of hydrogen-bond donors (Lipinski definition) is 1. The molecular formula is C14H21FN2O3. The molecule has 0 heterocycles. The molecular weight excluding hydrogens is 263 g/mol. The summed E-state index contributed by atoms with van der Waals surface area (Å²) < 4.78 is 18.8. The summed E-state index contributed by atoms with van der Waals surface area (Å²) in [5, 5.41) is 13.8. The van der Waals surface area contributed by atoms with Gasteiger partial charge >= 0.3 is 5.69 Å². The fourth-order valence-corrected chi connectivity index (χ4v) is 1.88. The van der Waals surface area contributed by atoms with Crippen LogP contribution in [0.15, 0.2) is 12.1 Å². The minimum atomic E-state index is -0.659. The van der Waals surface area contributed by atoms with Gasteiger partial charge in [0.25, 0.3) is 0 Å². The molecule has 0 aromatic heterocycles. The third-order valence-electron chi connectivity index (χ3n) is 3.04. The van der Waals surface area contributed by atoms with Gasteiger partial charge in [-0.2, -0.15) is 0 Å². The zero-order chi connectivity index (χ0) is 15.3. The summed E-state index contributed by atoms with van der Waals surface area (Å²) >= 11 is 0. The third-order valence-corrected chi connectivity index (χ3v) is 3.04. The largest absolute Gasteiger partial charge is 0.490 e. The molecule has 1 atom stereocenters. The van der Waals surface area contributed by atoms with E-state index in [4.69, 9.17) is 4.74 Å². The molecule has 0 aliphatic heterocycles. The van der Waals surface area contributed by atoms with Crippen molar-refractivity contribution in [2.24, 2.45) is 5.92 Å². The van der Waals surface area contributed by atoms with Crippen LogP contribution in [0.25, 0.3) is 0 Å². The van der Waals surface area contributed by atoms with Crippen LogP contribution in [0.3, 0.4) is 0 Å². The molecule has 0 amide bonds. The summed E-state index contributed by atoms with van der Waals surface area (Å²) in [5.74, 6) is -0.0145. The van der Waals surface area contributed by atoms with Gasteiger partial charge in [0.1, 0.15) is 0 Å². The first kappa shape index (κ1) is 16.2. The van der Waals surface area contributed by atoms with Crippen molar-refractivity contribution in [3.05, 3.63) is 28.1 Å². The molecule has 1 N–H and O–H groups in total. The second-order valence-corrected chi connectivity index (χ2v) is 5.28. The zero-order valence-electron chi connectivity index (χ0n) is 12.3. The number of nitrogens with zero attached hydrogens (tertiary/aromatic N) is 1. The highest BCUT2D eigenvalue weighted by atomic mass is 19.1. The molecule has 0 aliphatic rings. The fraction of sp³-hybridized carbons (Fsp3) is 0.571. The number of nitro groups is 1. The number of anilines is 1. The first-order valence-electron chi connectivity index (χ1n) is 6.63. The van der Waals surface area contributed by atoms with E-state index >= 15 is 0 Å². The number of nitrogens with one attached hydrogen (secondary N) is 1. The molecule has 20 heavy (non-hydrogen) atoms. The molecule has 6 heteroatoms. The quantitative estimate of drug-likeness (QED) is 0.607. The van der Waals surface area contributed by atoms with Gasteiger partial charge in [0, 0.05) is 12.1 Å². The summed E-state index contributed by atoms with van der Waals surface area (Å²) in [5.41, 5.74) is -0.144. The molecule has 112 valence electrons. The van der Waals surface area contributed by atoms with E-state index in [-0.39, 0.29) is 23.2 Å². The number of benzene rings is 1. The van der Waals surface area contributed by atoms with E-state index in [1.54, 1.807) is 0 Å². The molecule has 0 fully saturated rings. The van der Waals surface area contributed by atoms with Crippen LogP contribution in [0.1, 0.15) is 33.6 Å². The monoisotopic (exact) mass is 284 g/mol. The van der Waals surface area contributed by atoms with Gasteiger partial charge in [-0.05, 0) is 25.7 Å². The Balaban J connectivity index is 2.88. The highest BCUT2D eigenvalue weighted by molar-refractivity contribution is 5.59. The predicted molar refractivity (Wildman–Crippen MR) is 76.8 cm³/mol. The van der Waals surface area contributed by atoms with Crippen molar-refractivity contribution in [2.75, 3.05) is 12.4 Å². The standard InChI is InChI=1S/C14H21FN2O3/c1-9(2)5-6-10(3)16-12-8-14(20-4)13(17(18)19)7-11(12)15/h7-10,16H,5-6H2,1-4H3. The molecule has 0 saturated carbocycles. The molecule has 5 nitrogen and oxygen atoms in total. The van der Waals surface area contributed by atoms with E-state index in [9.17, 15) is 14.5 Å². The molecule has 0 aliphatic carbocycles. The molecule has 0 radical (unpaired) electrons. The van der Waals surface area contributed by atoms with Crippen LogP contribution >= 0.6 is 0 Å². The van der Waals surface area contributed by atoms with Crippen molar-refractivity contribution >= 4 is 11.4 Å². The van der Waals surface area contributed by atoms with Gasteiger partial charge in [-0.15, -0.1) is 0 Å². The highest BCUT2D eigenvalue weighted by Gasteiger charge is 2.19. The lowest BCUT2D eigenvalue weighted by Crippen LogP contribution is -2.17. The lowest BCUT2D eigenvalue weighted by atomic mass is 10.0. The van der Waals surface area contributed by atoms with Gasteiger partial charge in [-0.25, -0.2) is 4.39 Å². The predicted octanol–water partition coefficient (Wildman–Crippen LogP) is 3.98. The highest BCUT2D eigenvalue weighted by Crippen LogP contribution is 2.32. The van der Waals surface area contributed by atoms with Crippen LogP contribution in [0, 0.1) is 21.8 Å². The van der Waals surface area contributed by atoms with Gasteiger partial charge in [0.2, 0.25) is 0 Å². The van der Waals surface area contributed by atoms with E-state index in [2.05, 4.69) is 19.2 Å². The van der Waals surface area contributed by atoms with Crippen LogP contribution in [-0.4, -0.2) is 18.1 Å².